The summed E-state index contributed by atoms with van der Waals surface area (Å²) in [5.74, 6) is -0.511. The molecule has 4 aromatic rings. The summed E-state index contributed by atoms with van der Waals surface area (Å²) >= 11 is 0. The fraction of sp³-hybridized carbons (Fsp3) is 0.200. The minimum Gasteiger partial charge on any atom is -0.405 e. The zero-order chi connectivity index (χ0) is 25.2. The van der Waals surface area contributed by atoms with Crippen molar-refractivity contribution in [2.24, 2.45) is 0 Å². The van der Waals surface area contributed by atoms with Gasteiger partial charge in [-0.05, 0) is 42.6 Å². The lowest BCUT2D eigenvalue weighted by Gasteiger charge is -2.27. The molecule has 0 amide bonds. The number of benzene rings is 3. The van der Waals surface area contributed by atoms with Crippen LogP contribution in [0.2, 0.25) is 0 Å². The number of ether oxygens (including phenoxy) is 1. The normalized spacial score (nSPS) is 14.1. The monoisotopic (exact) mass is 505 g/mol. The molecule has 0 aliphatic heterocycles. The molecule has 0 aliphatic rings. The van der Waals surface area contributed by atoms with E-state index in [1.165, 1.54) is 30.3 Å². The maximum atomic E-state index is 13.1. The zero-order valence-electron chi connectivity index (χ0n) is 18.5. The molecular formula is C25H22F3NO5S. The van der Waals surface area contributed by atoms with Gasteiger partial charge in [-0.1, -0.05) is 54.1 Å². The van der Waals surface area contributed by atoms with E-state index >= 15 is 0 Å². The van der Waals surface area contributed by atoms with Crippen LogP contribution in [0.1, 0.15) is 17.2 Å². The number of hydrogen-bond donors (Lipinski definition) is 1. The van der Waals surface area contributed by atoms with Crippen molar-refractivity contribution in [2.75, 3.05) is 6.61 Å². The van der Waals surface area contributed by atoms with E-state index in [-0.39, 0.29) is 10.5 Å². The van der Waals surface area contributed by atoms with Crippen LogP contribution in [0.3, 0.4) is 0 Å². The number of aliphatic hydroxyl groups excluding tert-OH is 1. The van der Waals surface area contributed by atoms with Crippen molar-refractivity contribution in [3.8, 4) is 5.75 Å². The third kappa shape index (κ3) is 5.67. The standard InChI is InChI=1S/C25H22F3NO5S/c1-17-10-12-19(13-11-17)35(31,32)33-16-22(30)24(29-15-14-18-6-2-4-8-21(18)29)20-7-3-5-9-23(20)34-25(26,27)28/h2-15,22,24,30H,16H2,1H3/t22-,24+/m0/s1. The molecule has 4 rings (SSSR count). The van der Waals surface area contributed by atoms with Gasteiger partial charge < -0.3 is 14.4 Å². The molecule has 0 unspecified atom stereocenters. The highest BCUT2D eigenvalue weighted by Gasteiger charge is 2.35. The largest absolute Gasteiger partial charge is 0.573 e. The van der Waals surface area contributed by atoms with Crippen molar-refractivity contribution in [1.29, 1.82) is 0 Å². The van der Waals surface area contributed by atoms with Crippen molar-refractivity contribution < 1.29 is 35.6 Å². The summed E-state index contributed by atoms with van der Waals surface area (Å²) in [5, 5.41) is 11.9. The van der Waals surface area contributed by atoms with Gasteiger partial charge in [-0.25, -0.2) is 0 Å². The van der Waals surface area contributed by atoms with Gasteiger partial charge in [0, 0.05) is 17.3 Å². The van der Waals surface area contributed by atoms with Crippen LogP contribution in [0.4, 0.5) is 13.2 Å². The molecule has 0 saturated heterocycles. The number of aromatic nitrogens is 1. The molecule has 0 fully saturated rings. The van der Waals surface area contributed by atoms with Crippen LogP contribution < -0.4 is 4.74 Å². The Morgan fingerprint density at radius 2 is 1.60 bits per heavy atom. The fourth-order valence-corrected chi connectivity index (χ4v) is 4.78. The summed E-state index contributed by atoms with van der Waals surface area (Å²) in [5.41, 5.74) is 1.49. The van der Waals surface area contributed by atoms with Crippen LogP contribution in [-0.2, 0) is 14.3 Å². The van der Waals surface area contributed by atoms with E-state index in [9.17, 15) is 26.7 Å². The SMILES string of the molecule is Cc1ccc(S(=O)(=O)OC[C@H](O)[C@@H](c2ccccc2OC(F)(F)F)n2ccc3ccccc32)cc1. The predicted octanol–water partition coefficient (Wildman–Crippen LogP) is 5.20. The molecule has 0 bridgehead atoms. The van der Waals surface area contributed by atoms with E-state index in [1.54, 1.807) is 54.1 Å². The Morgan fingerprint density at radius 3 is 2.31 bits per heavy atom. The molecule has 0 saturated carbocycles. The highest BCUT2D eigenvalue weighted by Crippen LogP contribution is 2.36. The molecule has 0 radical (unpaired) electrons. The van der Waals surface area contributed by atoms with Crippen molar-refractivity contribution in [1.82, 2.24) is 4.57 Å². The number of para-hydroxylation sites is 2. The summed E-state index contributed by atoms with van der Waals surface area (Å²) in [6.07, 6.45) is -4.91. The van der Waals surface area contributed by atoms with E-state index in [4.69, 9.17) is 4.18 Å². The highest BCUT2D eigenvalue weighted by atomic mass is 32.2. The first kappa shape index (κ1) is 24.8. The lowest BCUT2D eigenvalue weighted by Crippen LogP contribution is -2.31. The lowest BCUT2D eigenvalue weighted by molar-refractivity contribution is -0.275. The first-order chi connectivity index (χ1) is 16.5. The lowest BCUT2D eigenvalue weighted by atomic mass is 10.00. The quantitative estimate of drug-likeness (QED) is 0.333. The van der Waals surface area contributed by atoms with Gasteiger partial charge >= 0.3 is 6.36 Å². The van der Waals surface area contributed by atoms with Gasteiger partial charge in [0.25, 0.3) is 10.1 Å². The summed E-state index contributed by atoms with van der Waals surface area (Å²) < 4.78 is 75.5. The zero-order valence-corrected chi connectivity index (χ0v) is 19.3. The number of halogens is 3. The molecule has 1 heterocycles. The van der Waals surface area contributed by atoms with Crippen LogP contribution in [-0.4, -0.2) is 37.2 Å². The van der Waals surface area contributed by atoms with E-state index in [2.05, 4.69) is 4.74 Å². The van der Waals surface area contributed by atoms with Gasteiger partial charge in [-0.3, -0.25) is 4.18 Å². The first-order valence-corrected chi connectivity index (χ1v) is 12.0. The van der Waals surface area contributed by atoms with E-state index in [0.717, 1.165) is 17.0 Å². The molecule has 0 spiro atoms. The van der Waals surface area contributed by atoms with Crippen molar-refractivity contribution in [3.63, 3.8) is 0 Å². The van der Waals surface area contributed by atoms with Crippen LogP contribution in [0.15, 0.2) is 90.0 Å². The topological polar surface area (TPSA) is 77.8 Å². The number of rotatable bonds is 8. The number of fused-ring (bicyclic) bond motifs is 1. The van der Waals surface area contributed by atoms with Crippen molar-refractivity contribution in [2.45, 2.75) is 30.3 Å². The molecule has 184 valence electrons. The fourth-order valence-electron chi connectivity index (χ4n) is 3.86. The van der Waals surface area contributed by atoms with Gasteiger partial charge in [0.15, 0.2) is 0 Å². The molecule has 1 N–H and O–H groups in total. The van der Waals surface area contributed by atoms with Gasteiger partial charge in [0.2, 0.25) is 0 Å². The molecule has 6 nitrogen and oxygen atoms in total. The maximum Gasteiger partial charge on any atom is 0.573 e. The van der Waals surface area contributed by atoms with Gasteiger partial charge in [-0.15, -0.1) is 13.2 Å². The van der Waals surface area contributed by atoms with Gasteiger partial charge in [0.1, 0.15) is 11.9 Å². The number of alkyl halides is 3. The predicted molar refractivity (Wildman–Crippen MR) is 124 cm³/mol. The average Bonchev–Trinajstić information content (AvgIpc) is 3.22. The Balaban J connectivity index is 1.72. The van der Waals surface area contributed by atoms with E-state index < -0.39 is 41.0 Å². The van der Waals surface area contributed by atoms with Crippen LogP contribution in [0, 0.1) is 6.92 Å². The van der Waals surface area contributed by atoms with Crippen molar-refractivity contribution >= 4 is 21.0 Å². The molecule has 2 atom stereocenters. The third-order valence-corrected chi connectivity index (χ3v) is 6.76. The van der Waals surface area contributed by atoms with Gasteiger partial charge in [-0.2, -0.15) is 8.42 Å². The van der Waals surface area contributed by atoms with E-state index in [0.29, 0.717) is 5.52 Å². The van der Waals surface area contributed by atoms with Crippen LogP contribution in [0.25, 0.3) is 10.9 Å². The van der Waals surface area contributed by atoms with E-state index in [1.807, 2.05) is 6.07 Å². The Kier molecular flexibility index (Phi) is 6.88. The van der Waals surface area contributed by atoms with Crippen molar-refractivity contribution in [3.05, 3.63) is 96.2 Å². The average molecular weight is 506 g/mol. The molecule has 10 heteroatoms. The summed E-state index contributed by atoms with van der Waals surface area (Å²) in [4.78, 5) is -0.0981. The minimum atomic E-state index is -4.96. The second kappa shape index (κ2) is 9.73. The third-order valence-electron chi connectivity index (χ3n) is 5.46. The maximum absolute atomic E-state index is 13.1. The molecule has 3 aromatic carbocycles. The Labute approximate surface area is 200 Å². The Hall–Kier alpha value is -3.34. The number of aliphatic hydroxyl groups is 1. The Morgan fingerprint density at radius 1 is 0.943 bits per heavy atom. The minimum absolute atomic E-state index is 0.00927. The smallest absolute Gasteiger partial charge is 0.405 e. The summed E-state index contributed by atoms with van der Waals surface area (Å²) in [6, 6.07) is 19.1. The first-order valence-electron chi connectivity index (χ1n) is 10.6. The summed E-state index contributed by atoms with van der Waals surface area (Å²) in [6.45, 7) is 1.10. The molecular weight excluding hydrogens is 483 g/mol. The molecule has 35 heavy (non-hydrogen) atoms. The Bertz CT molecular complexity index is 1420. The number of hydrogen-bond acceptors (Lipinski definition) is 5. The highest BCUT2D eigenvalue weighted by molar-refractivity contribution is 7.86. The second-order valence-electron chi connectivity index (χ2n) is 7.93. The summed E-state index contributed by atoms with van der Waals surface area (Å²) in [7, 11) is -4.22. The molecule has 1 aromatic heterocycles. The second-order valence-corrected chi connectivity index (χ2v) is 9.55. The molecule has 0 aliphatic carbocycles. The number of aryl methyl sites for hydroxylation is 1. The van der Waals surface area contributed by atoms with Gasteiger partial charge in [0.05, 0.1) is 17.5 Å². The van der Waals surface area contributed by atoms with Crippen LogP contribution >= 0.6 is 0 Å². The van der Waals surface area contributed by atoms with Crippen LogP contribution in [0.5, 0.6) is 5.75 Å². The number of nitrogens with zero attached hydrogens (tertiary/aromatic N) is 1.